The van der Waals surface area contributed by atoms with Gasteiger partial charge in [-0.25, -0.2) is 4.98 Å². The summed E-state index contributed by atoms with van der Waals surface area (Å²) in [6.07, 6.45) is 2.61. The van der Waals surface area contributed by atoms with Gasteiger partial charge in [0, 0.05) is 13.1 Å². The van der Waals surface area contributed by atoms with Gasteiger partial charge in [-0.3, -0.25) is 4.79 Å². The Hall–Kier alpha value is -3.54. The van der Waals surface area contributed by atoms with Gasteiger partial charge in [-0.2, -0.15) is 0 Å². The molecular weight excluding hydrogens is 354 g/mol. The largest absolute Gasteiger partial charge is 0.454 e. The molecule has 3 aromatic rings. The van der Waals surface area contributed by atoms with Crippen molar-refractivity contribution in [1.29, 1.82) is 0 Å². The Kier molecular flexibility index (Phi) is 5.38. The lowest BCUT2D eigenvalue weighted by molar-refractivity contribution is 0.0946. The maximum atomic E-state index is 12.3. The lowest BCUT2D eigenvalue weighted by atomic mass is 10.1. The fourth-order valence-electron chi connectivity index (χ4n) is 2.95. The van der Waals surface area contributed by atoms with Crippen LogP contribution in [0.5, 0.6) is 11.5 Å². The molecule has 4 rings (SSSR count). The lowest BCUT2D eigenvalue weighted by Gasteiger charge is -2.08. The van der Waals surface area contributed by atoms with Crippen molar-refractivity contribution in [1.82, 2.24) is 10.3 Å². The molecule has 2 heterocycles. The number of fused-ring (bicyclic) bond motifs is 1. The molecule has 1 amide bonds. The van der Waals surface area contributed by atoms with E-state index < -0.39 is 0 Å². The third-order valence-electron chi connectivity index (χ3n) is 4.47. The number of carbonyl (C=O) groups is 1. The molecule has 0 spiro atoms. The highest BCUT2D eigenvalue weighted by molar-refractivity contribution is 5.92. The summed E-state index contributed by atoms with van der Waals surface area (Å²) in [5, 5.41) is 6.19. The number of anilines is 1. The fourth-order valence-corrected chi connectivity index (χ4v) is 2.95. The summed E-state index contributed by atoms with van der Waals surface area (Å²) >= 11 is 0. The van der Waals surface area contributed by atoms with Crippen molar-refractivity contribution in [3.05, 3.63) is 83.7 Å². The van der Waals surface area contributed by atoms with E-state index in [2.05, 4.69) is 27.8 Å². The van der Waals surface area contributed by atoms with Crippen LogP contribution in [-0.4, -0.2) is 24.2 Å². The number of aromatic nitrogens is 1. The molecule has 0 bridgehead atoms. The van der Waals surface area contributed by atoms with Crippen molar-refractivity contribution < 1.29 is 14.3 Å². The number of hydrogen-bond donors (Lipinski definition) is 2. The Balaban J connectivity index is 1.26. The maximum Gasteiger partial charge on any atom is 0.270 e. The van der Waals surface area contributed by atoms with E-state index in [0.29, 0.717) is 18.0 Å². The average Bonchev–Trinajstić information content (AvgIpc) is 3.21. The van der Waals surface area contributed by atoms with Crippen LogP contribution in [0.3, 0.4) is 0 Å². The summed E-state index contributed by atoms with van der Waals surface area (Å²) in [5.41, 5.74) is 3.50. The molecule has 0 radical (unpaired) electrons. The Labute approximate surface area is 163 Å². The maximum absolute atomic E-state index is 12.3. The van der Waals surface area contributed by atoms with Gasteiger partial charge in [-0.1, -0.05) is 36.4 Å². The second-order valence-corrected chi connectivity index (χ2v) is 6.46. The summed E-state index contributed by atoms with van der Waals surface area (Å²) in [7, 11) is 0. The summed E-state index contributed by atoms with van der Waals surface area (Å²) in [6, 6.07) is 19.5. The lowest BCUT2D eigenvalue weighted by Crippen LogP contribution is -2.23. The predicted octanol–water partition coefficient (Wildman–Crippen LogP) is 3.39. The molecule has 142 valence electrons. The van der Waals surface area contributed by atoms with E-state index in [0.717, 1.165) is 30.0 Å². The molecule has 0 fully saturated rings. The van der Waals surface area contributed by atoms with Crippen LogP contribution in [0.2, 0.25) is 0 Å². The van der Waals surface area contributed by atoms with Crippen molar-refractivity contribution in [2.45, 2.75) is 13.0 Å². The molecule has 2 aromatic carbocycles. The molecule has 1 aromatic heterocycles. The minimum Gasteiger partial charge on any atom is -0.454 e. The Morgan fingerprint density at radius 2 is 1.82 bits per heavy atom. The second-order valence-electron chi connectivity index (χ2n) is 6.46. The van der Waals surface area contributed by atoms with E-state index in [1.165, 1.54) is 5.56 Å². The van der Waals surface area contributed by atoms with Crippen LogP contribution in [0.1, 0.15) is 21.6 Å². The smallest absolute Gasteiger partial charge is 0.270 e. The van der Waals surface area contributed by atoms with Gasteiger partial charge < -0.3 is 20.1 Å². The topological polar surface area (TPSA) is 72.5 Å². The average molecular weight is 375 g/mol. The first-order chi connectivity index (χ1) is 13.8. The normalized spacial score (nSPS) is 11.9. The number of amides is 1. The number of nitrogens with zero attached hydrogens (tertiary/aromatic N) is 1. The van der Waals surface area contributed by atoms with Crippen molar-refractivity contribution in [3.63, 3.8) is 0 Å². The first-order valence-electron chi connectivity index (χ1n) is 9.18. The third kappa shape index (κ3) is 4.40. The Morgan fingerprint density at radius 3 is 2.64 bits per heavy atom. The zero-order valence-electron chi connectivity index (χ0n) is 15.4. The van der Waals surface area contributed by atoms with Gasteiger partial charge in [0.2, 0.25) is 6.79 Å². The van der Waals surface area contributed by atoms with Gasteiger partial charge in [-0.15, -0.1) is 0 Å². The van der Waals surface area contributed by atoms with E-state index in [1.807, 2.05) is 42.5 Å². The third-order valence-corrected chi connectivity index (χ3v) is 4.47. The molecule has 1 aliphatic rings. The zero-order chi connectivity index (χ0) is 19.2. The molecule has 0 unspecified atom stereocenters. The van der Waals surface area contributed by atoms with E-state index in [1.54, 1.807) is 12.3 Å². The Morgan fingerprint density at radius 1 is 0.964 bits per heavy atom. The second kappa shape index (κ2) is 8.43. The van der Waals surface area contributed by atoms with E-state index in [4.69, 9.17) is 9.47 Å². The van der Waals surface area contributed by atoms with Crippen LogP contribution in [0.4, 0.5) is 5.69 Å². The van der Waals surface area contributed by atoms with Crippen molar-refractivity contribution >= 4 is 11.6 Å². The molecule has 6 heteroatoms. The highest BCUT2D eigenvalue weighted by atomic mass is 16.7. The number of pyridine rings is 1. The molecule has 28 heavy (non-hydrogen) atoms. The highest BCUT2D eigenvalue weighted by Crippen LogP contribution is 2.32. The molecule has 0 aliphatic carbocycles. The highest BCUT2D eigenvalue weighted by Gasteiger charge is 2.14. The van der Waals surface area contributed by atoms with Gasteiger partial charge in [0.15, 0.2) is 11.5 Å². The number of carbonyl (C=O) groups excluding carboxylic acids is 1. The minimum atomic E-state index is -0.214. The first-order valence-corrected chi connectivity index (χ1v) is 9.18. The molecule has 1 aliphatic heterocycles. The van der Waals surface area contributed by atoms with Crippen LogP contribution in [-0.2, 0) is 13.0 Å². The number of benzene rings is 2. The van der Waals surface area contributed by atoms with E-state index in [-0.39, 0.29) is 12.7 Å². The Bertz CT molecular complexity index is 943. The van der Waals surface area contributed by atoms with Crippen LogP contribution >= 0.6 is 0 Å². The predicted molar refractivity (Wildman–Crippen MR) is 107 cm³/mol. The van der Waals surface area contributed by atoms with Gasteiger partial charge in [0.1, 0.15) is 5.69 Å². The standard InChI is InChI=1S/C22H21N3O3/c26-22(25-13-17-6-9-20-21(12-17)28-15-27-20)19-8-7-18(14-24-19)23-11-10-16-4-2-1-3-5-16/h1-9,12,14,23H,10-11,13,15H2,(H,25,26). The van der Waals surface area contributed by atoms with Crippen LogP contribution < -0.4 is 20.1 Å². The number of nitrogens with one attached hydrogen (secondary N) is 2. The molecule has 0 saturated heterocycles. The quantitative estimate of drug-likeness (QED) is 0.662. The summed E-state index contributed by atoms with van der Waals surface area (Å²) in [5.74, 6) is 1.22. The number of hydrogen-bond acceptors (Lipinski definition) is 5. The minimum absolute atomic E-state index is 0.214. The van der Waals surface area contributed by atoms with Crippen molar-refractivity contribution in [2.75, 3.05) is 18.7 Å². The van der Waals surface area contributed by atoms with Gasteiger partial charge in [-0.05, 0) is 41.8 Å². The summed E-state index contributed by atoms with van der Waals surface area (Å²) in [4.78, 5) is 16.6. The van der Waals surface area contributed by atoms with Crippen molar-refractivity contribution in [3.8, 4) is 11.5 Å². The zero-order valence-corrected chi connectivity index (χ0v) is 15.4. The van der Waals surface area contributed by atoms with E-state index >= 15 is 0 Å². The van der Waals surface area contributed by atoms with Crippen molar-refractivity contribution in [2.24, 2.45) is 0 Å². The molecule has 6 nitrogen and oxygen atoms in total. The van der Waals surface area contributed by atoms with Crippen LogP contribution in [0.25, 0.3) is 0 Å². The van der Waals surface area contributed by atoms with Crippen LogP contribution in [0.15, 0.2) is 66.9 Å². The molecule has 0 atom stereocenters. The van der Waals surface area contributed by atoms with Gasteiger partial charge >= 0.3 is 0 Å². The van der Waals surface area contributed by atoms with Crippen LogP contribution in [0, 0.1) is 0 Å². The number of rotatable bonds is 7. The summed E-state index contributed by atoms with van der Waals surface area (Å²) in [6.45, 7) is 1.44. The SMILES string of the molecule is O=C(NCc1ccc2c(c1)OCO2)c1ccc(NCCc2ccccc2)cn1. The first kappa shape index (κ1) is 17.9. The number of ether oxygens (including phenoxy) is 2. The van der Waals surface area contributed by atoms with Gasteiger partial charge in [0.25, 0.3) is 5.91 Å². The van der Waals surface area contributed by atoms with E-state index in [9.17, 15) is 4.79 Å². The summed E-state index contributed by atoms with van der Waals surface area (Å²) < 4.78 is 10.6. The molecular formula is C22H21N3O3. The molecule has 2 N–H and O–H groups in total. The molecule has 0 saturated carbocycles. The fraction of sp³-hybridized carbons (Fsp3) is 0.182. The monoisotopic (exact) mass is 375 g/mol. The van der Waals surface area contributed by atoms with Gasteiger partial charge in [0.05, 0.1) is 11.9 Å².